The van der Waals surface area contributed by atoms with Crippen molar-refractivity contribution in [2.24, 2.45) is 7.05 Å². The number of nitrogens with zero attached hydrogens (tertiary/aromatic N) is 2. The van der Waals surface area contributed by atoms with Crippen molar-refractivity contribution in [3.8, 4) is 0 Å². The van der Waals surface area contributed by atoms with E-state index >= 15 is 0 Å². The summed E-state index contributed by atoms with van der Waals surface area (Å²) in [7, 11) is 1.90. The molecular formula is C16H21BrN2O2. The number of hydrogen-bond donors (Lipinski definition) is 2. The Kier molecular flexibility index (Phi) is 5.19. The van der Waals surface area contributed by atoms with Gasteiger partial charge in [-0.2, -0.15) is 5.10 Å². The summed E-state index contributed by atoms with van der Waals surface area (Å²) in [5, 5.41) is 24.4. The molecule has 5 heteroatoms. The van der Waals surface area contributed by atoms with E-state index in [-0.39, 0.29) is 13.2 Å². The molecule has 0 spiro atoms. The summed E-state index contributed by atoms with van der Waals surface area (Å²) < 4.78 is 2.72. The second-order valence-corrected chi connectivity index (χ2v) is 6.21. The monoisotopic (exact) mass is 352 g/mol. The molecule has 0 aliphatic carbocycles. The molecule has 1 aromatic heterocycles. The maximum absolute atomic E-state index is 9.96. The lowest BCUT2D eigenvalue weighted by Crippen LogP contribution is -2.38. The minimum Gasteiger partial charge on any atom is -0.395 e. The third-order valence-electron chi connectivity index (χ3n) is 3.96. The maximum Gasteiger partial charge on any atom is 0.0624 e. The highest BCUT2D eigenvalue weighted by Gasteiger charge is 2.34. The molecule has 0 amide bonds. The first-order chi connectivity index (χ1) is 10.1. The lowest BCUT2D eigenvalue weighted by atomic mass is 9.78. The van der Waals surface area contributed by atoms with Gasteiger partial charge in [-0.25, -0.2) is 0 Å². The Hall–Kier alpha value is -1.17. The molecular weight excluding hydrogens is 332 g/mol. The van der Waals surface area contributed by atoms with E-state index in [9.17, 15) is 10.2 Å². The molecule has 4 nitrogen and oxygen atoms in total. The Morgan fingerprint density at radius 2 is 1.90 bits per heavy atom. The maximum atomic E-state index is 9.96. The Balaban J connectivity index is 2.43. The Bertz CT molecular complexity index is 606. The molecule has 0 saturated heterocycles. The van der Waals surface area contributed by atoms with Crippen LogP contribution in [0, 0.1) is 0 Å². The van der Waals surface area contributed by atoms with Gasteiger partial charge in [-0.1, -0.05) is 41.1 Å². The summed E-state index contributed by atoms with van der Waals surface area (Å²) in [6.07, 6.45) is 1.40. The average Bonchev–Trinajstić information content (AvgIpc) is 2.86. The molecule has 0 atom stereocenters. The third kappa shape index (κ3) is 3.20. The van der Waals surface area contributed by atoms with Gasteiger partial charge in [-0.05, 0) is 24.1 Å². The van der Waals surface area contributed by atoms with E-state index in [2.05, 4.69) is 28.0 Å². The number of rotatable bonds is 6. The summed E-state index contributed by atoms with van der Waals surface area (Å²) in [6, 6.07) is 9.74. The van der Waals surface area contributed by atoms with Gasteiger partial charge in [0, 0.05) is 29.1 Å². The summed E-state index contributed by atoms with van der Waals surface area (Å²) in [5.74, 6) is 0. The van der Waals surface area contributed by atoms with Crippen LogP contribution in [0.25, 0.3) is 0 Å². The Morgan fingerprint density at radius 1 is 1.24 bits per heavy atom. The van der Waals surface area contributed by atoms with Crippen LogP contribution in [0.15, 0.2) is 34.8 Å². The quantitative estimate of drug-likeness (QED) is 0.837. The molecule has 2 aromatic rings. The lowest BCUT2D eigenvalue weighted by Gasteiger charge is -2.31. The van der Waals surface area contributed by atoms with Crippen molar-refractivity contribution in [2.45, 2.75) is 25.2 Å². The van der Waals surface area contributed by atoms with Crippen molar-refractivity contribution in [3.63, 3.8) is 0 Å². The highest BCUT2D eigenvalue weighted by Crippen LogP contribution is 2.33. The molecule has 1 heterocycles. The molecule has 0 saturated carbocycles. The van der Waals surface area contributed by atoms with Gasteiger partial charge in [-0.15, -0.1) is 0 Å². The van der Waals surface area contributed by atoms with Crippen LogP contribution >= 0.6 is 15.9 Å². The normalized spacial score (nSPS) is 11.9. The van der Waals surface area contributed by atoms with Crippen LogP contribution in [0.3, 0.4) is 0 Å². The zero-order valence-corrected chi connectivity index (χ0v) is 14.0. The van der Waals surface area contributed by atoms with Crippen LogP contribution in [-0.2, 0) is 25.3 Å². The Morgan fingerprint density at radius 3 is 2.43 bits per heavy atom. The number of hydrogen-bond acceptors (Lipinski definition) is 3. The molecule has 2 N–H and O–H groups in total. The standard InChI is InChI=1S/C16H21BrN2O2/c1-3-12-8-13(19(2)18-12)9-16(10-20,11-21)14-6-4-5-7-15(14)17/h4-8,20-21H,3,9-11H2,1-2H3. The van der Waals surface area contributed by atoms with Gasteiger partial charge < -0.3 is 10.2 Å². The smallest absolute Gasteiger partial charge is 0.0624 e. The molecule has 1 aromatic carbocycles. The fourth-order valence-electron chi connectivity index (χ4n) is 2.58. The van der Waals surface area contributed by atoms with Crippen molar-refractivity contribution < 1.29 is 10.2 Å². The molecule has 0 unspecified atom stereocenters. The van der Waals surface area contributed by atoms with Crippen LogP contribution < -0.4 is 0 Å². The third-order valence-corrected chi connectivity index (χ3v) is 4.65. The van der Waals surface area contributed by atoms with Gasteiger partial charge in [0.1, 0.15) is 0 Å². The SMILES string of the molecule is CCc1cc(CC(CO)(CO)c2ccccc2Br)n(C)n1. The van der Waals surface area contributed by atoms with Gasteiger partial charge in [0.25, 0.3) is 0 Å². The number of aromatic nitrogens is 2. The topological polar surface area (TPSA) is 58.3 Å². The van der Waals surface area contributed by atoms with Crippen molar-refractivity contribution in [1.29, 1.82) is 0 Å². The fourth-order valence-corrected chi connectivity index (χ4v) is 3.28. The van der Waals surface area contributed by atoms with Crippen LogP contribution in [-0.4, -0.2) is 33.2 Å². The molecule has 21 heavy (non-hydrogen) atoms. The van der Waals surface area contributed by atoms with Gasteiger partial charge in [0.05, 0.1) is 18.9 Å². The van der Waals surface area contributed by atoms with E-state index < -0.39 is 5.41 Å². The summed E-state index contributed by atoms with van der Waals surface area (Å²) in [5.41, 5.74) is 2.21. The number of aryl methyl sites for hydroxylation is 2. The van der Waals surface area contributed by atoms with E-state index in [0.29, 0.717) is 6.42 Å². The zero-order chi connectivity index (χ0) is 15.5. The first kappa shape index (κ1) is 16.2. The second kappa shape index (κ2) is 6.73. The highest BCUT2D eigenvalue weighted by molar-refractivity contribution is 9.10. The van der Waals surface area contributed by atoms with E-state index in [1.54, 1.807) is 0 Å². The van der Waals surface area contributed by atoms with Crippen LogP contribution in [0.5, 0.6) is 0 Å². The van der Waals surface area contributed by atoms with Crippen LogP contribution in [0.2, 0.25) is 0 Å². The van der Waals surface area contributed by atoms with Gasteiger partial charge in [0.15, 0.2) is 0 Å². The van der Waals surface area contributed by atoms with Crippen molar-refractivity contribution in [2.75, 3.05) is 13.2 Å². The number of halogens is 1. The largest absolute Gasteiger partial charge is 0.395 e. The van der Waals surface area contributed by atoms with Crippen molar-refractivity contribution >= 4 is 15.9 Å². The van der Waals surface area contributed by atoms with Crippen molar-refractivity contribution in [1.82, 2.24) is 9.78 Å². The van der Waals surface area contributed by atoms with Gasteiger partial charge >= 0.3 is 0 Å². The van der Waals surface area contributed by atoms with Crippen molar-refractivity contribution in [3.05, 3.63) is 51.8 Å². The van der Waals surface area contributed by atoms with E-state index in [1.165, 1.54) is 0 Å². The molecule has 0 radical (unpaired) electrons. The number of aliphatic hydroxyl groups is 2. The molecule has 0 bridgehead atoms. The van der Waals surface area contributed by atoms with Crippen LogP contribution in [0.1, 0.15) is 23.9 Å². The average molecular weight is 353 g/mol. The second-order valence-electron chi connectivity index (χ2n) is 5.36. The van der Waals surface area contributed by atoms with Crippen LogP contribution in [0.4, 0.5) is 0 Å². The highest BCUT2D eigenvalue weighted by atomic mass is 79.9. The molecule has 114 valence electrons. The molecule has 0 aliphatic rings. The first-order valence-electron chi connectivity index (χ1n) is 7.05. The molecule has 2 rings (SSSR count). The van der Waals surface area contributed by atoms with Gasteiger partial charge in [-0.3, -0.25) is 4.68 Å². The van der Waals surface area contributed by atoms with Gasteiger partial charge in [0.2, 0.25) is 0 Å². The Labute approximate surface area is 133 Å². The molecule has 0 fully saturated rings. The minimum absolute atomic E-state index is 0.126. The van der Waals surface area contributed by atoms with E-state index in [1.807, 2.05) is 42.1 Å². The zero-order valence-electron chi connectivity index (χ0n) is 12.4. The summed E-state index contributed by atoms with van der Waals surface area (Å²) >= 11 is 3.52. The number of aliphatic hydroxyl groups excluding tert-OH is 2. The predicted octanol–water partition coefficient (Wildman–Crippen LogP) is 2.21. The predicted molar refractivity (Wildman–Crippen MR) is 86.3 cm³/mol. The first-order valence-corrected chi connectivity index (χ1v) is 7.84. The number of benzene rings is 1. The summed E-state index contributed by atoms with van der Waals surface area (Å²) in [4.78, 5) is 0. The molecule has 0 aliphatic heterocycles. The van der Waals surface area contributed by atoms with E-state index in [0.717, 1.165) is 27.8 Å². The fraction of sp³-hybridized carbons (Fsp3) is 0.438. The lowest BCUT2D eigenvalue weighted by molar-refractivity contribution is 0.114. The minimum atomic E-state index is -0.723. The van der Waals surface area contributed by atoms with E-state index in [4.69, 9.17) is 0 Å². The summed E-state index contributed by atoms with van der Waals surface area (Å²) in [6.45, 7) is 1.81.